The normalized spacial score (nSPS) is 9.61. The maximum atomic E-state index is 12.7. The zero-order chi connectivity index (χ0) is 12.3. The molecule has 0 radical (unpaired) electrons. The summed E-state index contributed by atoms with van der Waals surface area (Å²) in [6.45, 7) is 0.515. The van der Waals surface area contributed by atoms with Gasteiger partial charge in [-0.15, -0.1) is 0 Å². The largest absolute Gasteiger partial charge is 1.00 e. The Balaban J connectivity index is 0.00000162. The lowest BCUT2D eigenvalue weighted by atomic mass is 10.2. The van der Waals surface area contributed by atoms with Crippen molar-refractivity contribution in [1.82, 2.24) is 0 Å². The van der Waals surface area contributed by atoms with Gasteiger partial charge in [0.15, 0.2) is 18.9 Å². The highest BCUT2D eigenvalue weighted by atomic mass is 19.1. The van der Waals surface area contributed by atoms with E-state index in [1.54, 1.807) is 35.2 Å². The highest BCUT2D eigenvalue weighted by Gasteiger charge is 2.09. The third kappa shape index (κ3) is 3.35. The maximum Gasteiger partial charge on any atom is 0.341 e. The molecule has 0 saturated carbocycles. The van der Waals surface area contributed by atoms with Gasteiger partial charge in [-0.1, -0.05) is 0 Å². The van der Waals surface area contributed by atoms with Crippen LogP contribution in [0.1, 0.15) is 15.9 Å². The van der Waals surface area contributed by atoms with E-state index < -0.39 is 5.97 Å². The molecule has 94 valence electrons. The van der Waals surface area contributed by atoms with E-state index in [9.17, 15) is 9.18 Å². The number of halogens is 2. The van der Waals surface area contributed by atoms with Gasteiger partial charge in [0.1, 0.15) is 11.4 Å². The van der Waals surface area contributed by atoms with Crippen molar-refractivity contribution in [3.05, 3.63) is 65.7 Å². The SMILES string of the molecule is O=C(O)c1ccc[n+](Cc2ccc(F)cc2)c1.[F-]. The molecule has 1 aromatic heterocycles. The van der Waals surface area contributed by atoms with E-state index >= 15 is 0 Å². The first-order valence-corrected chi connectivity index (χ1v) is 5.12. The average Bonchev–Trinajstić information content (AvgIpc) is 2.32. The van der Waals surface area contributed by atoms with Gasteiger partial charge >= 0.3 is 5.97 Å². The standard InChI is InChI=1S/C13H10FNO2.FH/c14-12-5-3-10(4-6-12)8-15-7-1-2-11(9-15)13(16)17;/h1-7,9H,8H2;1H. The highest BCUT2D eigenvalue weighted by Crippen LogP contribution is 2.02. The minimum absolute atomic E-state index is 0. The fourth-order valence-corrected chi connectivity index (χ4v) is 1.55. The smallest absolute Gasteiger partial charge is 0.341 e. The number of aromatic nitrogens is 1. The van der Waals surface area contributed by atoms with Crippen molar-refractivity contribution >= 4 is 5.97 Å². The number of hydrogen-bond donors (Lipinski definition) is 1. The number of hydrogen-bond acceptors (Lipinski definition) is 1. The molecule has 0 saturated heterocycles. The van der Waals surface area contributed by atoms with Gasteiger partial charge in [0.25, 0.3) is 0 Å². The molecule has 1 N–H and O–H groups in total. The van der Waals surface area contributed by atoms with Crippen LogP contribution in [0.2, 0.25) is 0 Å². The number of aromatic carboxylic acids is 1. The number of carbonyl (C=O) groups is 1. The summed E-state index contributed by atoms with van der Waals surface area (Å²) in [5.74, 6) is -1.24. The van der Waals surface area contributed by atoms with E-state index in [0.29, 0.717) is 6.54 Å². The zero-order valence-corrected chi connectivity index (χ0v) is 9.38. The lowest BCUT2D eigenvalue weighted by Crippen LogP contribution is -3.00. The van der Waals surface area contributed by atoms with Gasteiger partial charge in [-0.3, -0.25) is 0 Å². The Bertz CT molecular complexity index is 541. The first-order valence-electron chi connectivity index (χ1n) is 5.12. The van der Waals surface area contributed by atoms with Gasteiger partial charge in [-0.2, -0.15) is 4.57 Å². The van der Waals surface area contributed by atoms with Crippen LogP contribution < -0.4 is 9.27 Å². The summed E-state index contributed by atoms with van der Waals surface area (Å²) in [6.07, 6.45) is 3.32. The number of nitrogens with zero attached hydrogens (tertiary/aromatic N) is 1. The second-order valence-electron chi connectivity index (χ2n) is 3.70. The summed E-state index contributed by atoms with van der Waals surface area (Å²) in [5.41, 5.74) is 1.15. The Labute approximate surface area is 102 Å². The van der Waals surface area contributed by atoms with Crippen LogP contribution in [0.4, 0.5) is 4.39 Å². The van der Waals surface area contributed by atoms with Crippen LogP contribution in [0.25, 0.3) is 0 Å². The number of carboxylic acids is 1. The molecule has 3 nitrogen and oxygen atoms in total. The van der Waals surface area contributed by atoms with Crippen LogP contribution in [0.3, 0.4) is 0 Å². The molecule has 0 bridgehead atoms. The van der Waals surface area contributed by atoms with Crippen molar-refractivity contribution in [2.45, 2.75) is 6.54 Å². The fraction of sp³-hybridized carbons (Fsp3) is 0.0769. The second-order valence-corrected chi connectivity index (χ2v) is 3.70. The molecule has 0 fully saturated rings. The first-order chi connectivity index (χ1) is 8.15. The topological polar surface area (TPSA) is 41.2 Å². The lowest BCUT2D eigenvalue weighted by molar-refractivity contribution is -0.688. The molecule has 1 aromatic carbocycles. The third-order valence-corrected chi connectivity index (χ3v) is 2.38. The van der Waals surface area contributed by atoms with Crippen LogP contribution in [0.5, 0.6) is 0 Å². The summed E-state index contributed by atoms with van der Waals surface area (Å²) in [4.78, 5) is 10.8. The summed E-state index contributed by atoms with van der Waals surface area (Å²) in [7, 11) is 0. The van der Waals surface area contributed by atoms with Gasteiger partial charge in [-0.05, 0) is 30.3 Å². The monoisotopic (exact) mass is 251 g/mol. The van der Waals surface area contributed by atoms with Gasteiger partial charge in [0.2, 0.25) is 0 Å². The number of pyridine rings is 1. The molecule has 2 aromatic rings. The molecule has 5 heteroatoms. The van der Waals surface area contributed by atoms with Crippen LogP contribution in [-0.2, 0) is 6.54 Å². The quantitative estimate of drug-likeness (QED) is 0.701. The number of carboxylic acid groups (broad SMARTS) is 1. The van der Waals surface area contributed by atoms with Crippen molar-refractivity contribution in [3.8, 4) is 0 Å². The van der Waals surface area contributed by atoms with Crippen molar-refractivity contribution in [2.24, 2.45) is 0 Å². The lowest BCUT2D eigenvalue weighted by Gasteiger charge is -1.98. The van der Waals surface area contributed by atoms with E-state index in [4.69, 9.17) is 5.11 Å². The molecule has 18 heavy (non-hydrogen) atoms. The molecule has 0 atom stereocenters. The maximum absolute atomic E-state index is 12.7. The van der Waals surface area contributed by atoms with Gasteiger partial charge in [0, 0.05) is 11.6 Å². The Morgan fingerprint density at radius 1 is 1.22 bits per heavy atom. The highest BCUT2D eigenvalue weighted by molar-refractivity contribution is 5.86. The van der Waals surface area contributed by atoms with Gasteiger partial charge in [-0.25, -0.2) is 9.18 Å². The zero-order valence-electron chi connectivity index (χ0n) is 9.38. The Kier molecular flexibility index (Phi) is 4.48. The second kappa shape index (κ2) is 5.86. The predicted octanol–water partition coefficient (Wildman–Crippen LogP) is -1.14. The van der Waals surface area contributed by atoms with E-state index in [-0.39, 0.29) is 16.1 Å². The van der Waals surface area contributed by atoms with Crippen molar-refractivity contribution in [2.75, 3.05) is 0 Å². The number of rotatable bonds is 3. The molecule has 2 rings (SSSR count). The van der Waals surface area contributed by atoms with Gasteiger partial charge in [0.05, 0.1) is 0 Å². The van der Waals surface area contributed by atoms with E-state index in [0.717, 1.165) is 5.56 Å². The average molecular weight is 251 g/mol. The van der Waals surface area contributed by atoms with Crippen LogP contribution in [0, 0.1) is 5.82 Å². The predicted molar refractivity (Wildman–Crippen MR) is 59.1 cm³/mol. The van der Waals surface area contributed by atoms with Crippen LogP contribution in [0.15, 0.2) is 48.8 Å². The van der Waals surface area contributed by atoms with E-state index in [1.165, 1.54) is 18.2 Å². The van der Waals surface area contributed by atoms with Crippen LogP contribution >= 0.6 is 0 Å². The minimum atomic E-state index is -0.960. The van der Waals surface area contributed by atoms with Crippen molar-refractivity contribution in [3.63, 3.8) is 0 Å². The summed E-state index contributed by atoms with van der Waals surface area (Å²) in [6, 6.07) is 9.33. The molecule has 0 unspecified atom stereocenters. The first kappa shape index (κ1) is 13.8. The molecular weight excluding hydrogens is 240 g/mol. The van der Waals surface area contributed by atoms with Crippen molar-refractivity contribution in [1.29, 1.82) is 0 Å². The molecule has 0 aliphatic carbocycles. The Morgan fingerprint density at radius 2 is 1.89 bits per heavy atom. The molecular formula is C13H11F2NO2. The molecule has 0 spiro atoms. The number of benzene rings is 1. The Hall–Kier alpha value is -2.30. The Morgan fingerprint density at radius 3 is 2.50 bits per heavy atom. The summed E-state index contributed by atoms with van der Waals surface area (Å²) >= 11 is 0. The summed E-state index contributed by atoms with van der Waals surface area (Å²) in [5, 5.41) is 8.85. The van der Waals surface area contributed by atoms with Gasteiger partial charge < -0.3 is 9.81 Å². The minimum Gasteiger partial charge on any atom is -1.00 e. The van der Waals surface area contributed by atoms with E-state index in [1.807, 2.05) is 0 Å². The van der Waals surface area contributed by atoms with Crippen molar-refractivity contribution < 1.29 is 23.6 Å². The van der Waals surface area contributed by atoms with E-state index in [2.05, 4.69) is 0 Å². The summed E-state index contributed by atoms with van der Waals surface area (Å²) < 4.78 is 14.5. The molecule has 0 aliphatic heterocycles. The molecule has 0 amide bonds. The fourth-order valence-electron chi connectivity index (χ4n) is 1.55. The third-order valence-electron chi connectivity index (χ3n) is 2.38. The molecule has 0 aliphatic rings. The van der Waals surface area contributed by atoms with Crippen LogP contribution in [-0.4, -0.2) is 11.1 Å². The molecule has 1 heterocycles.